The van der Waals surface area contributed by atoms with Crippen molar-refractivity contribution in [2.45, 2.75) is 36.9 Å². The number of piperidine rings is 1. The zero-order chi connectivity index (χ0) is 18.8. The second-order valence-electron chi connectivity index (χ2n) is 7.98. The van der Waals surface area contributed by atoms with Gasteiger partial charge >= 0.3 is 5.97 Å². The number of benzene rings is 1. The molecule has 3 heterocycles. The van der Waals surface area contributed by atoms with E-state index >= 15 is 0 Å². The van der Waals surface area contributed by atoms with E-state index in [-0.39, 0.29) is 23.8 Å². The fourth-order valence-corrected chi connectivity index (χ4v) is 6.35. The number of carbonyl (C=O) groups is 2. The van der Waals surface area contributed by atoms with Crippen LogP contribution >= 0.6 is 0 Å². The van der Waals surface area contributed by atoms with Crippen molar-refractivity contribution in [3.8, 4) is 0 Å². The van der Waals surface area contributed by atoms with Gasteiger partial charge in [-0.25, -0.2) is 0 Å². The largest absolute Gasteiger partial charge is 0.469 e. The van der Waals surface area contributed by atoms with Gasteiger partial charge in [0, 0.05) is 12.2 Å². The Labute approximate surface area is 158 Å². The highest BCUT2D eigenvalue weighted by molar-refractivity contribution is 5.81. The molecule has 3 aliphatic heterocycles. The third-order valence-electron chi connectivity index (χ3n) is 7.30. The first kappa shape index (κ1) is 16.8. The van der Waals surface area contributed by atoms with Gasteiger partial charge in [0.2, 0.25) is 6.41 Å². The van der Waals surface area contributed by atoms with Crippen molar-refractivity contribution in [1.29, 1.82) is 0 Å². The molecule has 1 aromatic rings. The Morgan fingerprint density at radius 2 is 2.22 bits per heavy atom. The molecule has 6 nitrogen and oxygen atoms in total. The summed E-state index contributed by atoms with van der Waals surface area (Å²) in [5.74, 6) is -0.477. The van der Waals surface area contributed by atoms with Gasteiger partial charge in [-0.1, -0.05) is 29.8 Å². The number of rotatable bonds is 2. The molecule has 0 radical (unpaired) electrons. The van der Waals surface area contributed by atoms with Gasteiger partial charge in [0.05, 0.1) is 31.1 Å². The quantitative estimate of drug-likeness (QED) is 0.492. The van der Waals surface area contributed by atoms with Crippen molar-refractivity contribution in [3.63, 3.8) is 0 Å². The number of amides is 1. The number of para-hydroxylation sites is 1. The summed E-state index contributed by atoms with van der Waals surface area (Å²) in [7, 11) is 1.46. The van der Waals surface area contributed by atoms with Gasteiger partial charge < -0.3 is 19.7 Å². The molecule has 0 aromatic heterocycles. The van der Waals surface area contributed by atoms with Gasteiger partial charge in [-0.3, -0.25) is 9.59 Å². The molecule has 1 aromatic carbocycles. The standard InChI is InChI=1S/C21H24N2O4/c1-3-13-11-23(12-24)17-10-14(13)18(19(25)26-2)20-8-9-27-21(17,20)22-16-7-5-4-6-15(16)20/h3-7,12,14,17-18,22H,8-11H2,1-2H3/b13-3-. The van der Waals surface area contributed by atoms with Crippen LogP contribution in [0.25, 0.3) is 0 Å². The van der Waals surface area contributed by atoms with Crippen molar-refractivity contribution < 1.29 is 19.1 Å². The Kier molecular flexibility index (Phi) is 3.47. The van der Waals surface area contributed by atoms with Crippen LogP contribution in [0.5, 0.6) is 0 Å². The van der Waals surface area contributed by atoms with E-state index in [9.17, 15) is 9.59 Å². The van der Waals surface area contributed by atoms with E-state index in [2.05, 4.69) is 17.5 Å². The summed E-state index contributed by atoms with van der Waals surface area (Å²) in [4.78, 5) is 27.0. The minimum absolute atomic E-state index is 0.0476. The molecule has 5 rings (SSSR count). The molecular formula is C21H24N2O4. The molecule has 1 aliphatic carbocycles. The van der Waals surface area contributed by atoms with E-state index in [4.69, 9.17) is 9.47 Å². The van der Waals surface area contributed by atoms with Crippen LogP contribution in [0.3, 0.4) is 0 Å². The van der Waals surface area contributed by atoms with Crippen molar-refractivity contribution in [3.05, 3.63) is 41.5 Å². The number of likely N-dealkylation sites (tertiary alicyclic amines) is 1. The summed E-state index contributed by atoms with van der Waals surface area (Å²) in [6, 6.07) is 8.00. The molecule has 2 saturated heterocycles. The molecule has 1 amide bonds. The molecule has 142 valence electrons. The van der Waals surface area contributed by atoms with Gasteiger partial charge in [-0.15, -0.1) is 0 Å². The topological polar surface area (TPSA) is 67.9 Å². The predicted octanol–water partition coefficient (Wildman–Crippen LogP) is 2.06. The number of ether oxygens (including phenoxy) is 2. The molecule has 27 heavy (non-hydrogen) atoms. The van der Waals surface area contributed by atoms with E-state index in [0.29, 0.717) is 19.6 Å². The van der Waals surface area contributed by atoms with Crippen LogP contribution in [0.1, 0.15) is 25.3 Å². The highest BCUT2D eigenvalue weighted by Gasteiger charge is 2.76. The molecule has 1 N–H and O–H groups in total. The lowest BCUT2D eigenvalue weighted by Crippen LogP contribution is -2.73. The predicted molar refractivity (Wildman–Crippen MR) is 99.0 cm³/mol. The molecule has 4 aliphatic rings. The van der Waals surface area contributed by atoms with Gasteiger partial charge in [-0.05, 0) is 37.3 Å². The van der Waals surface area contributed by atoms with E-state index < -0.39 is 11.1 Å². The first-order chi connectivity index (χ1) is 13.1. The maximum absolute atomic E-state index is 13.2. The Balaban J connectivity index is 1.80. The zero-order valence-electron chi connectivity index (χ0n) is 15.6. The fourth-order valence-electron chi connectivity index (χ4n) is 6.35. The van der Waals surface area contributed by atoms with Crippen LogP contribution in [0, 0.1) is 11.8 Å². The molecule has 1 saturated carbocycles. The summed E-state index contributed by atoms with van der Waals surface area (Å²) in [6.07, 6.45) is 4.41. The normalized spacial score (nSPS) is 40.0. The average molecular weight is 368 g/mol. The summed E-state index contributed by atoms with van der Waals surface area (Å²) in [5, 5.41) is 3.61. The second kappa shape index (κ2) is 5.58. The lowest BCUT2D eigenvalue weighted by Gasteiger charge is -2.59. The molecule has 3 fully saturated rings. The van der Waals surface area contributed by atoms with Crippen LogP contribution in [-0.4, -0.2) is 49.3 Å². The third kappa shape index (κ3) is 1.79. The number of anilines is 1. The van der Waals surface area contributed by atoms with Gasteiger partial charge in [0.25, 0.3) is 0 Å². The maximum atomic E-state index is 13.2. The molecule has 5 atom stereocenters. The Morgan fingerprint density at radius 1 is 1.41 bits per heavy atom. The highest BCUT2D eigenvalue weighted by Crippen LogP contribution is 2.66. The number of fused-ring (bicyclic) bond motifs is 3. The van der Waals surface area contributed by atoms with E-state index in [1.54, 1.807) is 0 Å². The number of nitrogens with zero attached hydrogens (tertiary/aromatic N) is 1. The van der Waals surface area contributed by atoms with Crippen LogP contribution in [0.15, 0.2) is 35.9 Å². The van der Waals surface area contributed by atoms with E-state index in [0.717, 1.165) is 29.7 Å². The first-order valence-corrected chi connectivity index (χ1v) is 9.58. The molecule has 5 unspecified atom stereocenters. The zero-order valence-corrected chi connectivity index (χ0v) is 15.6. The number of carbonyl (C=O) groups excluding carboxylic acids is 2. The molecule has 6 heteroatoms. The summed E-state index contributed by atoms with van der Waals surface area (Å²) >= 11 is 0. The number of nitrogens with one attached hydrogen (secondary N) is 1. The van der Waals surface area contributed by atoms with E-state index in [1.807, 2.05) is 30.0 Å². The fraction of sp³-hybridized carbons (Fsp3) is 0.524. The number of hydrogen-bond donors (Lipinski definition) is 1. The second-order valence-corrected chi connectivity index (χ2v) is 7.98. The Bertz CT molecular complexity index is 852. The Hall–Kier alpha value is -2.34. The summed E-state index contributed by atoms with van der Waals surface area (Å²) in [5.41, 5.74) is 1.90. The number of hydrogen-bond acceptors (Lipinski definition) is 5. The van der Waals surface area contributed by atoms with Gasteiger partial charge in [0.1, 0.15) is 0 Å². The van der Waals surface area contributed by atoms with Crippen molar-refractivity contribution in [2.75, 3.05) is 25.6 Å². The third-order valence-corrected chi connectivity index (χ3v) is 7.30. The van der Waals surface area contributed by atoms with Gasteiger partial charge in [-0.2, -0.15) is 0 Å². The average Bonchev–Trinajstić information content (AvgIpc) is 3.21. The molecular weight excluding hydrogens is 344 g/mol. The monoisotopic (exact) mass is 368 g/mol. The highest BCUT2D eigenvalue weighted by atomic mass is 16.5. The van der Waals surface area contributed by atoms with Crippen LogP contribution < -0.4 is 5.32 Å². The van der Waals surface area contributed by atoms with E-state index in [1.165, 1.54) is 7.11 Å². The van der Waals surface area contributed by atoms with Crippen molar-refractivity contribution >= 4 is 18.1 Å². The number of methoxy groups -OCH3 is 1. The summed E-state index contributed by atoms with van der Waals surface area (Å²) in [6.45, 7) is 3.07. The van der Waals surface area contributed by atoms with Crippen LogP contribution in [0.2, 0.25) is 0 Å². The van der Waals surface area contributed by atoms with Crippen molar-refractivity contribution in [2.24, 2.45) is 11.8 Å². The maximum Gasteiger partial charge on any atom is 0.310 e. The minimum atomic E-state index is -0.785. The SMILES string of the molecule is C/C=C1/CN(C=O)C2CC1C(C(=O)OC)C13CCOC21Nc1ccccc13. The summed E-state index contributed by atoms with van der Waals surface area (Å²) < 4.78 is 11.7. The number of esters is 1. The van der Waals surface area contributed by atoms with Gasteiger partial charge in [0.15, 0.2) is 5.72 Å². The molecule has 0 spiro atoms. The lowest BCUT2D eigenvalue weighted by atomic mass is 9.51. The Morgan fingerprint density at radius 3 is 2.96 bits per heavy atom. The van der Waals surface area contributed by atoms with Crippen LogP contribution in [-0.2, 0) is 24.5 Å². The number of allylic oxidation sites excluding steroid dienone is 1. The molecule has 2 bridgehead atoms. The smallest absolute Gasteiger partial charge is 0.310 e. The lowest BCUT2D eigenvalue weighted by molar-refractivity contribution is -0.172. The first-order valence-electron chi connectivity index (χ1n) is 9.58. The minimum Gasteiger partial charge on any atom is -0.469 e. The van der Waals surface area contributed by atoms with Crippen molar-refractivity contribution in [1.82, 2.24) is 4.90 Å². The van der Waals surface area contributed by atoms with Crippen LogP contribution in [0.4, 0.5) is 5.69 Å².